The average Bonchev–Trinajstić information content (AvgIpc) is 2.41. The number of hydrogen-bond acceptors (Lipinski definition) is 1. The Kier molecular flexibility index (Phi) is 3.14. The van der Waals surface area contributed by atoms with E-state index >= 15 is 0 Å². The van der Waals surface area contributed by atoms with Crippen molar-refractivity contribution in [3.8, 4) is 11.1 Å². The summed E-state index contributed by atoms with van der Waals surface area (Å²) in [4.78, 5) is 12.1. The molecule has 0 atom stereocenters. The minimum absolute atomic E-state index is 0.0237. The van der Waals surface area contributed by atoms with Crippen molar-refractivity contribution in [1.29, 1.82) is 0 Å². The van der Waals surface area contributed by atoms with Gasteiger partial charge < -0.3 is 4.40 Å². The SMILES string of the molecule is O=c1ccn2cc(Br)ccc2c1-c1c(F)cccc1F. The van der Waals surface area contributed by atoms with Crippen LogP contribution in [0.2, 0.25) is 0 Å². The zero-order valence-corrected chi connectivity index (χ0v) is 11.7. The number of hydrogen-bond donors (Lipinski definition) is 0. The molecular formula is C15H8BrF2NO. The van der Waals surface area contributed by atoms with E-state index in [0.29, 0.717) is 5.52 Å². The molecule has 0 aliphatic rings. The second-order valence-electron chi connectivity index (χ2n) is 4.29. The Balaban J connectivity index is 2.47. The van der Waals surface area contributed by atoms with Crippen LogP contribution in [0.3, 0.4) is 0 Å². The summed E-state index contributed by atoms with van der Waals surface area (Å²) in [5.74, 6) is -1.50. The van der Waals surface area contributed by atoms with Crippen molar-refractivity contribution < 1.29 is 8.78 Å². The van der Waals surface area contributed by atoms with Crippen LogP contribution in [0, 0.1) is 11.6 Å². The molecule has 0 amide bonds. The minimum atomic E-state index is -0.752. The maximum Gasteiger partial charge on any atom is 0.190 e. The molecule has 0 saturated heterocycles. The monoisotopic (exact) mass is 335 g/mol. The topological polar surface area (TPSA) is 21.5 Å². The first-order valence-electron chi connectivity index (χ1n) is 5.83. The molecule has 0 N–H and O–H groups in total. The fraction of sp³-hybridized carbons (Fsp3) is 0. The minimum Gasteiger partial charge on any atom is -0.322 e. The van der Waals surface area contributed by atoms with Crippen molar-refractivity contribution in [2.45, 2.75) is 0 Å². The number of nitrogens with zero attached hydrogens (tertiary/aromatic N) is 1. The number of pyridine rings is 2. The van der Waals surface area contributed by atoms with Gasteiger partial charge in [0.15, 0.2) is 5.43 Å². The van der Waals surface area contributed by atoms with Crippen LogP contribution in [0.1, 0.15) is 0 Å². The van der Waals surface area contributed by atoms with Crippen LogP contribution in [0.25, 0.3) is 16.6 Å². The summed E-state index contributed by atoms with van der Waals surface area (Å²) in [5, 5.41) is 0. The molecule has 2 aromatic heterocycles. The lowest BCUT2D eigenvalue weighted by Crippen LogP contribution is -2.09. The van der Waals surface area contributed by atoms with Gasteiger partial charge in [-0.1, -0.05) is 6.07 Å². The molecule has 0 radical (unpaired) electrons. The van der Waals surface area contributed by atoms with Crippen LogP contribution in [0.4, 0.5) is 8.78 Å². The van der Waals surface area contributed by atoms with Crippen LogP contribution in [0.5, 0.6) is 0 Å². The van der Waals surface area contributed by atoms with Crippen LogP contribution in [-0.2, 0) is 0 Å². The highest BCUT2D eigenvalue weighted by Gasteiger charge is 2.17. The highest BCUT2D eigenvalue weighted by Crippen LogP contribution is 2.27. The Morgan fingerprint density at radius 2 is 1.65 bits per heavy atom. The van der Waals surface area contributed by atoms with E-state index in [-0.39, 0.29) is 11.1 Å². The maximum atomic E-state index is 13.9. The van der Waals surface area contributed by atoms with Crippen molar-refractivity contribution in [3.05, 3.63) is 75.1 Å². The average molecular weight is 336 g/mol. The van der Waals surface area contributed by atoms with Gasteiger partial charge in [-0.15, -0.1) is 0 Å². The molecule has 3 aromatic rings. The molecule has 0 spiro atoms. The predicted octanol–water partition coefficient (Wildman–Crippen LogP) is 4.01. The lowest BCUT2D eigenvalue weighted by atomic mass is 10.0. The van der Waals surface area contributed by atoms with Gasteiger partial charge in [0.05, 0.1) is 16.6 Å². The van der Waals surface area contributed by atoms with Gasteiger partial charge in [-0.3, -0.25) is 4.79 Å². The lowest BCUT2D eigenvalue weighted by Gasteiger charge is -2.09. The normalized spacial score (nSPS) is 10.9. The lowest BCUT2D eigenvalue weighted by molar-refractivity contribution is 0.589. The molecule has 20 heavy (non-hydrogen) atoms. The number of fused-ring (bicyclic) bond motifs is 1. The summed E-state index contributed by atoms with van der Waals surface area (Å²) in [6.45, 7) is 0. The third-order valence-electron chi connectivity index (χ3n) is 3.04. The van der Waals surface area contributed by atoms with E-state index in [2.05, 4.69) is 15.9 Å². The summed E-state index contributed by atoms with van der Waals surface area (Å²) in [7, 11) is 0. The molecule has 3 rings (SSSR count). The zero-order valence-electron chi connectivity index (χ0n) is 10.1. The Labute approximate surface area is 121 Å². The van der Waals surface area contributed by atoms with Gasteiger partial charge in [0.25, 0.3) is 0 Å². The number of benzene rings is 1. The molecule has 5 heteroatoms. The van der Waals surface area contributed by atoms with Gasteiger partial charge in [-0.05, 0) is 40.2 Å². The third kappa shape index (κ3) is 2.04. The largest absolute Gasteiger partial charge is 0.322 e. The first kappa shape index (κ1) is 13.0. The van der Waals surface area contributed by atoms with E-state index in [9.17, 15) is 13.6 Å². The highest BCUT2D eigenvalue weighted by atomic mass is 79.9. The standard InChI is InChI=1S/C15H8BrF2NO/c16-9-4-5-12-15(13(20)6-7-19(12)8-9)14-10(17)2-1-3-11(14)18/h1-8H. The van der Waals surface area contributed by atoms with Gasteiger partial charge in [0, 0.05) is 22.9 Å². The summed E-state index contributed by atoms with van der Waals surface area (Å²) in [6, 6.07) is 8.21. The van der Waals surface area contributed by atoms with Crippen LogP contribution >= 0.6 is 15.9 Å². The zero-order chi connectivity index (χ0) is 14.3. The predicted molar refractivity (Wildman–Crippen MR) is 76.7 cm³/mol. The van der Waals surface area contributed by atoms with Gasteiger partial charge in [0.1, 0.15) is 11.6 Å². The van der Waals surface area contributed by atoms with E-state index in [0.717, 1.165) is 16.6 Å². The molecule has 2 heterocycles. The van der Waals surface area contributed by atoms with E-state index in [4.69, 9.17) is 0 Å². The van der Waals surface area contributed by atoms with Crippen molar-refractivity contribution in [3.63, 3.8) is 0 Å². The van der Waals surface area contributed by atoms with Gasteiger partial charge in [0.2, 0.25) is 0 Å². The molecule has 0 aliphatic carbocycles. The maximum absolute atomic E-state index is 13.9. The Morgan fingerprint density at radius 3 is 2.35 bits per heavy atom. The quantitative estimate of drug-likeness (QED) is 0.658. The summed E-state index contributed by atoms with van der Waals surface area (Å²) in [5.41, 5.74) is -0.241. The molecule has 0 fully saturated rings. The summed E-state index contributed by atoms with van der Waals surface area (Å²) < 4.78 is 30.3. The summed E-state index contributed by atoms with van der Waals surface area (Å²) in [6.07, 6.45) is 3.28. The van der Waals surface area contributed by atoms with E-state index < -0.39 is 17.1 Å². The molecule has 2 nitrogen and oxygen atoms in total. The van der Waals surface area contributed by atoms with Crippen LogP contribution in [0.15, 0.2) is 58.1 Å². The van der Waals surface area contributed by atoms with E-state index in [1.165, 1.54) is 12.1 Å². The highest BCUT2D eigenvalue weighted by molar-refractivity contribution is 9.10. The van der Waals surface area contributed by atoms with E-state index in [1.54, 1.807) is 28.9 Å². The molecule has 100 valence electrons. The van der Waals surface area contributed by atoms with Crippen molar-refractivity contribution >= 4 is 21.4 Å². The van der Waals surface area contributed by atoms with Crippen LogP contribution < -0.4 is 5.43 Å². The smallest absolute Gasteiger partial charge is 0.190 e. The number of aromatic nitrogens is 1. The third-order valence-corrected chi connectivity index (χ3v) is 3.51. The molecule has 0 bridgehead atoms. The van der Waals surface area contributed by atoms with Crippen molar-refractivity contribution in [2.24, 2.45) is 0 Å². The first-order valence-corrected chi connectivity index (χ1v) is 6.62. The first-order chi connectivity index (χ1) is 9.58. The summed E-state index contributed by atoms with van der Waals surface area (Å²) >= 11 is 3.31. The molecule has 0 saturated carbocycles. The molecular weight excluding hydrogens is 328 g/mol. The fourth-order valence-electron chi connectivity index (χ4n) is 2.17. The molecule has 1 aromatic carbocycles. The molecule has 0 aliphatic heterocycles. The van der Waals surface area contributed by atoms with Crippen LogP contribution in [-0.4, -0.2) is 4.40 Å². The van der Waals surface area contributed by atoms with Crippen molar-refractivity contribution in [1.82, 2.24) is 4.40 Å². The Bertz CT molecular complexity index is 853. The second kappa shape index (κ2) is 4.83. The molecule has 0 unspecified atom stereocenters. The fourth-order valence-corrected chi connectivity index (χ4v) is 2.52. The number of halogens is 3. The Morgan fingerprint density at radius 1 is 0.950 bits per heavy atom. The van der Waals surface area contributed by atoms with Crippen molar-refractivity contribution in [2.75, 3.05) is 0 Å². The Hall–Kier alpha value is -2.01. The van der Waals surface area contributed by atoms with Gasteiger partial charge >= 0.3 is 0 Å². The second-order valence-corrected chi connectivity index (χ2v) is 5.21. The van der Waals surface area contributed by atoms with Gasteiger partial charge in [-0.25, -0.2) is 8.78 Å². The van der Waals surface area contributed by atoms with E-state index in [1.807, 2.05) is 0 Å². The number of rotatable bonds is 1. The van der Waals surface area contributed by atoms with Gasteiger partial charge in [-0.2, -0.15) is 0 Å².